The van der Waals surface area contributed by atoms with Crippen molar-refractivity contribution < 1.29 is 9.13 Å². The van der Waals surface area contributed by atoms with Crippen LogP contribution in [0.25, 0.3) is 0 Å². The predicted octanol–water partition coefficient (Wildman–Crippen LogP) is 3.78. The number of hydrogen-bond donors (Lipinski definition) is 1. The second-order valence-corrected chi connectivity index (χ2v) is 7.23. The summed E-state index contributed by atoms with van der Waals surface area (Å²) in [5, 5.41) is 3.36. The van der Waals surface area contributed by atoms with Gasteiger partial charge in [0.1, 0.15) is 5.82 Å². The molecule has 2 aliphatic heterocycles. The van der Waals surface area contributed by atoms with Gasteiger partial charge in [-0.2, -0.15) is 0 Å². The van der Waals surface area contributed by atoms with Crippen LogP contribution in [0, 0.1) is 11.2 Å². The zero-order chi connectivity index (χ0) is 16.3. The van der Waals surface area contributed by atoms with Crippen LogP contribution in [0.4, 0.5) is 4.39 Å². The smallest absolute Gasteiger partial charge is 0.194 e. The molecule has 24 heavy (non-hydrogen) atoms. The monoisotopic (exact) mass is 511 g/mol. The van der Waals surface area contributed by atoms with E-state index in [-0.39, 0.29) is 29.8 Å². The van der Waals surface area contributed by atoms with Crippen LogP contribution in [0.15, 0.2) is 27.7 Å². The van der Waals surface area contributed by atoms with E-state index in [2.05, 4.69) is 33.1 Å². The van der Waals surface area contributed by atoms with E-state index in [9.17, 15) is 4.39 Å². The number of aliphatic imine (C=N–C) groups is 1. The Morgan fingerprint density at radius 3 is 3.00 bits per heavy atom. The molecule has 7 heteroatoms. The van der Waals surface area contributed by atoms with E-state index in [1.165, 1.54) is 12.1 Å². The first-order valence-electron chi connectivity index (χ1n) is 8.17. The Bertz CT molecular complexity index is 593. The molecule has 0 saturated carbocycles. The van der Waals surface area contributed by atoms with Crippen molar-refractivity contribution in [2.24, 2.45) is 10.4 Å². The van der Waals surface area contributed by atoms with E-state index < -0.39 is 0 Å². The van der Waals surface area contributed by atoms with Crippen LogP contribution < -0.4 is 5.32 Å². The standard InChI is InChI=1S/C17H23BrFN3O.HI/c1-2-20-16(21-10-13-9-14(19)3-4-15(13)18)22-7-5-17(11-22)6-8-23-12-17;/h3-4,9H,2,5-8,10-12H2,1H3,(H,20,21);1H. The number of guanidine groups is 1. The zero-order valence-corrected chi connectivity index (χ0v) is 17.8. The minimum absolute atomic E-state index is 0. The maximum atomic E-state index is 13.4. The lowest BCUT2D eigenvalue weighted by molar-refractivity contribution is 0.156. The van der Waals surface area contributed by atoms with Gasteiger partial charge in [0.25, 0.3) is 0 Å². The third kappa shape index (κ3) is 4.60. The molecule has 1 atom stereocenters. The summed E-state index contributed by atoms with van der Waals surface area (Å²) in [6.07, 6.45) is 2.29. The quantitative estimate of drug-likeness (QED) is 0.381. The van der Waals surface area contributed by atoms with E-state index in [1.54, 1.807) is 6.07 Å². The molecule has 2 fully saturated rings. The molecule has 2 saturated heterocycles. The molecule has 2 aliphatic rings. The van der Waals surface area contributed by atoms with Gasteiger partial charge in [-0.05, 0) is 43.5 Å². The van der Waals surface area contributed by atoms with Gasteiger partial charge in [-0.1, -0.05) is 15.9 Å². The number of likely N-dealkylation sites (tertiary alicyclic amines) is 1. The minimum atomic E-state index is -0.230. The van der Waals surface area contributed by atoms with E-state index >= 15 is 0 Å². The number of ether oxygens (including phenoxy) is 1. The first kappa shape index (κ1) is 19.9. The Hall–Kier alpha value is -0.410. The number of benzene rings is 1. The molecule has 0 aromatic heterocycles. The first-order valence-corrected chi connectivity index (χ1v) is 8.96. The van der Waals surface area contributed by atoms with Crippen molar-refractivity contribution in [1.82, 2.24) is 10.2 Å². The summed E-state index contributed by atoms with van der Waals surface area (Å²) in [6, 6.07) is 4.72. The molecule has 0 radical (unpaired) electrons. The normalized spacial score (nSPS) is 23.6. The summed E-state index contributed by atoms with van der Waals surface area (Å²) in [7, 11) is 0. The van der Waals surface area contributed by atoms with Gasteiger partial charge in [0, 0.05) is 36.1 Å². The van der Waals surface area contributed by atoms with Crippen molar-refractivity contribution in [3.05, 3.63) is 34.1 Å². The highest BCUT2D eigenvalue weighted by atomic mass is 127. The van der Waals surface area contributed by atoms with Crippen LogP contribution in [-0.2, 0) is 11.3 Å². The maximum absolute atomic E-state index is 13.4. The molecular formula is C17H24BrFIN3O. The van der Waals surface area contributed by atoms with Crippen LogP contribution >= 0.6 is 39.9 Å². The number of rotatable bonds is 3. The molecule has 1 spiro atoms. The molecule has 1 N–H and O–H groups in total. The lowest BCUT2D eigenvalue weighted by Crippen LogP contribution is -2.41. The summed E-state index contributed by atoms with van der Waals surface area (Å²) in [5.74, 6) is 0.680. The van der Waals surface area contributed by atoms with Gasteiger partial charge in [-0.15, -0.1) is 24.0 Å². The summed E-state index contributed by atoms with van der Waals surface area (Å²) >= 11 is 3.47. The fourth-order valence-electron chi connectivity index (χ4n) is 3.34. The second kappa shape index (κ2) is 8.80. The fourth-order valence-corrected chi connectivity index (χ4v) is 3.71. The SMILES string of the molecule is CCNC(=NCc1cc(F)ccc1Br)N1CCC2(CCOC2)C1.I. The predicted molar refractivity (Wildman–Crippen MR) is 108 cm³/mol. The number of nitrogens with zero attached hydrogens (tertiary/aromatic N) is 2. The van der Waals surface area contributed by atoms with Crippen LogP contribution in [0.5, 0.6) is 0 Å². The molecule has 1 unspecified atom stereocenters. The highest BCUT2D eigenvalue weighted by Crippen LogP contribution is 2.38. The Kier molecular flexibility index (Phi) is 7.30. The average molecular weight is 512 g/mol. The van der Waals surface area contributed by atoms with Crippen LogP contribution in [-0.4, -0.2) is 43.7 Å². The Morgan fingerprint density at radius 2 is 2.29 bits per heavy atom. The maximum Gasteiger partial charge on any atom is 0.194 e. The minimum Gasteiger partial charge on any atom is -0.381 e. The number of hydrogen-bond acceptors (Lipinski definition) is 2. The van der Waals surface area contributed by atoms with Crippen molar-refractivity contribution in [2.75, 3.05) is 32.8 Å². The van der Waals surface area contributed by atoms with Crippen molar-refractivity contribution >= 4 is 45.9 Å². The zero-order valence-electron chi connectivity index (χ0n) is 13.9. The first-order chi connectivity index (χ1) is 11.1. The van der Waals surface area contributed by atoms with E-state index in [4.69, 9.17) is 9.73 Å². The third-order valence-electron chi connectivity index (χ3n) is 4.66. The van der Waals surface area contributed by atoms with Crippen molar-refractivity contribution in [2.45, 2.75) is 26.3 Å². The van der Waals surface area contributed by atoms with Gasteiger partial charge in [-0.3, -0.25) is 0 Å². The summed E-state index contributed by atoms with van der Waals surface area (Å²) in [5.41, 5.74) is 1.16. The Balaban J connectivity index is 0.00000208. The highest BCUT2D eigenvalue weighted by Gasteiger charge is 2.42. The van der Waals surface area contributed by atoms with Crippen LogP contribution in [0.3, 0.4) is 0 Å². The molecule has 2 heterocycles. The molecule has 134 valence electrons. The lowest BCUT2D eigenvalue weighted by atomic mass is 9.87. The second-order valence-electron chi connectivity index (χ2n) is 6.38. The molecule has 1 aromatic carbocycles. The van der Waals surface area contributed by atoms with Crippen molar-refractivity contribution in [1.29, 1.82) is 0 Å². The van der Waals surface area contributed by atoms with E-state index in [1.807, 2.05) is 0 Å². The third-order valence-corrected chi connectivity index (χ3v) is 5.44. The number of halogens is 3. The summed E-state index contributed by atoms with van der Waals surface area (Å²) in [6.45, 7) is 7.07. The molecular weight excluding hydrogens is 488 g/mol. The topological polar surface area (TPSA) is 36.9 Å². The van der Waals surface area contributed by atoms with Gasteiger partial charge in [-0.25, -0.2) is 9.38 Å². The molecule has 4 nitrogen and oxygen atoms in total. The van der Waals surface area contributed by atoms with Crippen LogP contribution in [0.2, 0.25) is 0 Å². The Morgan fingerprint density at radius 1 is 1.46 bits per heavy atom. The molecule has 0 bridgehead atoms. The van der Waals surface area contributed by atoms with Crippen LogP contribution in [0.1, 0.15) is 25.3 Å². The molecule has 3 rings (SSSR count). The molecule has 0 amide bonds. The van der Waals surface area contributed by atoms with E-state index in [0.717, 1.165) is 61.7 Å². The lowest BCUT2D eigenvalue weighted by Gasteiger charge is -2.25. The van der Waals surface area contributed by atoms with Crippen molar-refractivity contribution in [3.8, 4) is 0 Å². The average Bonchev–Trinajstić information content (AvgIpc) is 3.17. The van der Waals surface area contributed by atoms with Gasteiger partial charge < -0.3 is 15.0 Å². The van der Waals surface area contributed by atoms with Crippen molar-refractivity contribution in [3.63, 3.8) is 0 Å². The molecule has 0 aliphatic carbocycles. The summed E-state index contributed by atoms with van der Waals surface area (Å²) < 4.78 is 19.9. The van der Waals surface area contributed by atoms with E-state index in [0.29, 0.717) is 12.0 Å². The van der Waals surface area contributed by atoms with Gasteiger partial charge in [0.2, 0.25) is 0 Å². The fraction of sp³-hybridized carbons (Fsp3) is 0.588. The summed E-state index contributed by atoms with van der Waals surface area (Å²) in [4.78, 5) is 7.03. The van der Waals surface area contributed by atoms with Gasteiger partial charge >= 0.3 is 0 Å². The van der Waals surface area contributed by atoms with Gasteiger partial charge in [0.05, 0.1) is 13.2 Å². The number of nitrogens with one attached hydrogen (secondary N) is 1. The van der Waals surface area contributed by atoms with Gasteiger partial charge in [0.15, 0.2) is 5.96 Å². The highest BCUT2D eigenvalue weighted by molar-refractivity contribution is 14.0. The largest absolute Gasteiger partial charge is 0.381 e. The molecule has 1 aromatic rings. The Labute approximate surface area is 168 Å².